The fourth-order valence-electron chi connectivity index (χ4n) is 3.32. The number of aliphatic carboxylic acids is 1. The van der Waals surface area contributed by atoms with Gasteiger partial charge >= 0.3 is 5.97 Å². The number of hydrogen-bond donors (Lipinski definition) is 1. The van der Waals surface area contributed by atoms with E-state index in [1.54, 1.807) is 0 Å². The highest BCUT2D eigenvalue weighted by Gasteiger charge is 2.27. The van der Waals surface area contributed by atoms with Crippen molar-refractivity contribution in [2.24, 2.45) is 11.8 Å². The summed E-state index contributed by atoms with van der Waals surface area (Å²) in [5.41, 5.74) is 1.41. The Bertz CT molecular complexity index is 463. The van der Waals surface area contributed by atoms with Crippen LogP contribution in [-0.2, 0) is 15.3 Å². The largest absolute Gasteiger partial charge is 0.481 e. The number of carboxylic acid groups (broad SMARTS) is 1. The molecule has 1 aliphatic rings. The van der Waals surface area contributed by atoms with Gasteiger partial charge in [0.2, 0.25) is 0 Å². The normalized spacial score (nSPS) is 20.3. The number of hydrogen-bond acceptors (Lipinski definition) is 3. The Kier molecular flexibility index (Phi) is 9.29. The Morgan fingerprint density at radius 2 is 1.75 bits per heavy atom. The summed E-state index contributed by atoms with van der Waals surface area (Å²) in [6.07, 6.45) is 7.02. The van der Waals surface area contributed by atoms with E-state index in [2.05, 4.69) is 30.3 Å². The van der Waals surface area contributed by atoms with Crippen LogP contribution in [0.4, 0.5) is 0 Å². The van der Waals surface area contributed by atoms with Gasteiger partial charge in [-0.05, 0) is 42.4 Å². The van der Waals surface area contributed by atoms with E-state index in [1.807, 2.05) is 11.8 Å². The molecule has 1 aromatic rings. The smallest absolute Gasteiger partial charge is 0.303 e. The van der Waals surface area contributed by atoms with Crippen molar-refractivity contribution in [2.45, 2.75) is 50.7 Å². The Balaban J connectivity index is 1.53. The molecular weight excluding hydrogens is 320 g/mol. The van der Waals surface area contributed by atoms with Crippen molar-refractivity contribution in [3.63, 3.8) is 0 Å². The van der Waals surface area contributed by atoms with Crippen molar-refractivity contribution >= 4 is 17.7 Å². The molecule has 1 N–H and O–H groups in total. The summed E-state index contributed by atoms with van der Waals surface area (Å²) in [5, 5.41) is 8.63. The van der Waals surface area contributed by atoms with E-state index in [9.17, 15) is 4.79 Å². The summed E-state index contributed by atoms with van der Waals surface area (Å²) in [6.45, 7) is 1.85. The molecule has 1 aliphatic heterocycles. The van der Waals surface area contributed by atoms with Crippen LogP contribution in [0.15, 0.2) is 30.3 Å². The molecule has 0 amide bonds. The number of thioether (sulfide) groups is 1. The molecular formula is C20H30O3S. The summed E-state index contributed by atoms with van der Waals surface area (Å²) in [7, 11) is 0. The third-order valence-corrected chi connectivity index (χ3v) is 5.85. The predicted molar refractivity (Wildman–Crippen MR) is 100 cm³/mol. The number of unbranched alkanes of at least 4 members (excludes halogenated alkanes) is 3. The minimum absolute atomic E-state index is 0.313. The Labute approximate surface area is 150 Å². The molecule has 0 spiro atoms. The van der Waals surface area contributed by atoms with Crippen LogP contribution >= 0.6 is 11.8 Å². The van der Waals surface area contributed by atoms with E-state index in [4.69, 9.17) is 9.84 Å². The molecule has 4 heteroatoms. The lowest BCUT2D eigenvalue weighted by molar-refractivity contribution is -0.137. The average molecular weight is 351 g/mol. The van der Waals surface area contributed by atoms with E-state index in [-0.39, 0.29) is 0 Å². The summed E-state index contributed by atoms with van der Waals surface area (Å²) >= 11 is 2.02. The van der Waals surface area contributed by atoms with Crippen LogP contribution in [0.2, 0.25) is 0 Å². The van der Waals surface area contributed by atoms with Crippen LogP contribution in [-0.4, -0.2) is 30.0 Å². The predicted octanol–water partition coefficient (Wildman–Crippen LogP) is 5.00. The number of ether oxygens (including phenoxy) is 1. The molecule has 1 fully saturated rings. The Hall–Kier alpha value is -1.00. The molecule has 0 aliphatic carbocycles. The third kappa shape index (κ3) is 7.71. The van der Waals surface area contributed by atoms with E-state index < -0.39 is 5.97 Å². The highest BCUT2D eigenvalue weighted by molar-refractivity contribution is 7.98. The van der Waals surface area contributed by atoms with Crippen LogP contribution in [0.1, 0.15) is 50.5 Å². The molecule has 0 saturated carbocycles. The molecule has 1 saturated heterocycles. The van der Waals surface area contributed by atoms with Crippen LogP contribution in [0, 0.1) is 11.8 Å². The van der Waals surface area contributed by atoms with E-state index in [1.165, 1.54) is 30.6 Å². The summed E-state index contributed by atoms with van der Waals surface area (Å²) in [5.74, 6) is 3.06. The zero-order valence-corrected chi connectivity index (χ0v) is 15.3. The first kappa shape index (κ1) is 19.3. The van der Waals surface area contributed by atoms with Gasteiger partial charge in [-0.2, -0.15) is 11.8 Å². The van der Waals surface area contributed by atoms with E-state index >= 15 is 0 Å². The molecule has 3 nitrogen and oxygen atoms in total. The summed E-state index contributed by atoms with van der Waals surface area (Å²) < 4.78 is 5.71. The third-order valence-electron chi connectivity index (χ3n) is 4.79. The minimum Gasteiger partial charge on any atom is -0.481 e. The van der Waals surface area contributed by atoms with Gasteiger partial charge in [-0.3, -0.25) is 4.79 Å². The van der Waals surface area contributed by atoms with Gasteiger partial charge in [0.15, 0.2) is 0 Å². The van der Waals surface area contributed by atoms with Crippen LogP contribution in [0.3, 0.4) is 0 Å². The summed E-state index contributed by atoms with van der Waals surface area (Å²) in [4.78, 5) is 10.5. The highest BCUT2D eigenvalue weighted by Crippen LogP contribution is 2.30. The first-order valence-corrected chi connectivity index (χ1v) is 10.3. The van der Waals surface area contributed by atoms with Gasteiger partial charge in [0.1, 0.15) is 0 Å². The zero-order valence-electron chi connectivity index (χ0n) is 14.5. The van der Waals surface area contributed by atoms with E-state index in [0.29, 0.717) is 18.3 Å². The van der Waals surface area contributed by atoms with Crippen LogP contribution < -0.4 is 0 Å². The van der Waals surface area contributed by atoms with Crippen LogP contribution in [0.5, 0.6) is 0 Å². The van der Waals surface area contributed by atoms with Crippen molar-refractivity contribution in [3.8, 4) is 0 Å². The molecule has 134 valence electrons. The maximum atomic E-state index is 10.5. The lowest BCUT2D eigenvalue weighted by atomic mass is 9.89. The number of carbonyl (C=O) groups is 1. The molecule has 0 bridgehead atoms. The van der Waals surface area contributed by atoms with Crippen LogP contribution in [0.25, 0.3) is 0 Å². The molecule has 2 atom stereocenters. The first-order chi connectivity index (χ1) is 11.8. The fourth-order valence-corrected chi connectivity index (χ4v) is 4.36. The van der Waals surface area contributed by atoms with Gasteiger partial charge in [0.25, 0.3) is 0 Å². The van der Waals surface area contributed by atoms with Crippen molar-refractivity contribution in [1.82, 2.24) is 0 Å². The number of benzene rings is 1. The van der Waals surface area contributed by atoms with Gasteiger partial charge in [-0.15, -0.1) is 0 Å². The van der Waals surface area contributed by atoms with Crippen molar-refractivity contribution < 1.29 is 14.6 Å². The lowest BCUT2D eigenvalue weighted by Gasteiger charge is -2.17. The van der Waals surface area contributed by atoms with Gasteiger partial charge in [0, 0.05) is 25.4 Å². The lowest BCUT2D eigenvalue weighted by Crippen LogP contribution is -2.13. The quantitative estimate of drug-likeness (QED) is 0.539. The maximum absolute atomic E-state index is 10.5. The topological polar surface area (TPSA) is 46.5 Å². The molecule has 1 aromatic carbocycles. The van der Waals surface area contributed by atoms with Gasteiger partial charge < -0.3 is 9.84 Å². The van der Waals surface area contributed by atoms with Crippen molar-refractivity contribution in [3.05, 3.63) is 35.9 Å². The van der Waals surface area contributed by atoms with Gasteiger partial charge in [0.05, 0.1) is 0 Å². The molecule has 2 rings (SSSR count). The highest BCUT2D eigenvalue weighted by atomic mass is 32.2. The molecule has 0 unspecified atom stereocenters. The minimum atomic E-state index is -0.674. The standard InChI is InChI=1S/C20H30O3S/c21-20(22)11-7-2-1-6-10-18-14-23-15-19(18)12-13-24-16-17-8-4-3-5-9-17/h3-5,8-9,18-19H,1-2,6-7,10-16H2,(H,21,22)/t18-,19+/m0/s1. The molecule has 1 heterocycles. The van der Waals surface area contributed by atoms with Gasteiger partial charge in [-0.25, -0.2) is 0 Å². The molecule has 24 heavy (non-hydrogen) atoms. The Morgan fingerprint density at radius 3 is 2.50 bits per heavy atom. The molecule has 0 radical (unpaired) electrons. The monoisotopic (exact) mass is 350 g/mol. The number of rotatable bonds is 12. The van der Waals surface area contributed by atoms with Crippen molar-refractivity contribution in [1.29, 1.82) is 0 Å². The number of carboxylic acids is 1. The Morgan fingerprint density at radius 1 is 1.04 bits per heavy atom. The maximum Gasteiger partial charge on any atom is 0.303 e. The SMILES string of the molecule is O=C(O)CCCCCC[C@H]1COC[C@H]1CCSCc1ccccc1. The van der Waals surface area contributed by atoms with Gasteiger partial charge in [-0.1, -0.05) is 49.6 Å². The van der Waals surface area contributed by atoms with E-state index in [0.717, 1.165) is 38.2 Å². The fraction of sp³-hybridized carbons (Fsp3) is 0.650. The summed E-state index contributed by atoms with van der Waals surface area (Å²) in [6, 6.07) is 10.7. The first-order valence-electron chi connectivity index (χ1n) is 9.17. The second kappa shape index (κ2) is 11.5. The second-order valence-corrected chi connectivity index (χ2v) is 7.84. The molecule has 0 aromatic heterocycles. The average Bonchev–Trinajstić information content (AvgIpc) is 3.03. The zero-order chi connectivity index (χ0) is 17.0. The van der Waals surface area contributed by atoms with Crippen molar-refractivity contribution in [2.75, 3.05) is 19.0 Å². The second-order valence-electron chi connectivity index (χ2n) is 6.73.